The van der Waals surface area contributed by atoms with Crippen LogP contribution < -0.4 is 4.74 Å². The predicted octanol–water partition coefficient (Wildman–Crippen LogP) is 10.9. The Hall–Kier alpha value is -3.33. The van der Waals surface area contributed by atoms with Crippen molar-refractivity contribution < 1.29 is 28.2 Å². The van der Waals surface area contributed by atoms with E-state index in [1.807, 2.05) is 87.5 Å². The minimum absolute atomic E-state index is 0.0380. The average Bonchev–Trinajstić information content (AvgIpc) is 3.03. The molecule has 1 aliphatic carbocycles. The molecule has 0 aromatic heterocycles. The fourth-order valence-corrected chi connectivity index (χ4v) is 7.00. The second kappa shape index (κ2) is 16.6. The van der Waals surface area contributed by atoms with Gasteiger partial charge < -0.3 is 23.5 Å². The standard InChI is InChI=1S/C40H54ClNO6Si/c1-39(2,3)47-38(44)42(28-36(31-18-15-19-32(41)26-31)48-49(7,8)40(4,5)6)24-25-45-37(43)34-23-22-30(29-16-11-9-12-17-29)27-35(34)46-33-20-13-10-14-21-33/h9,11-12,15-19,22-23,26-27,33,36H,10,13-14,20-21,24-25,28H2,1-8H3/t36-/m0/s1. The van der Waals surface area contributed by atoms with Gasteiger partial charge in [-0.3, -0.25) is 0 Å². The Bertz CT molecular complexity index is 1540. The van der Waals surface area contributed by atoms with Gasteiger partial charge in [-0.25, -0.2) is 9.59 Å². The summed E-state index contributed by atoms with van der Waals surface area (Å²) >= 11 is 6.41. The first-order valence-electron chi connectivity index (χ1n) is 17.5. The van der Waals surface area contributed by atoms with E-state index in [4.69, 9.17) is 30.2 Å². The lowest BCUT2D eigenvalue weighted by Gasteiger charge is -2.40. The summed E-state index contributed by atoms with van der Waals surface area (Å²) in [4.78, 5) is 28.8. The van der Waals surface area contributed by atoms with Gasteiger partial charge in [0, 0.05) is 5.02 Å². The number of carbonyl (C=O) groups is 2. The maximum Gasteiger partial charge on any atom is 0.410 e. The van der Waals surface area contributed by atoms with Gasteiger partial charge >= 0.3 is 12.1 Å². The molecule has 0 aliphatic heterocycles. The summed E-state index contributed by atoms with van der Waals surface area (Å²) in [6.07, 6.45) is 4.41. The van der Waals surface area contributed by atoms with Gasteiger partial charge in [-0.05, 0) is 106 Å². The van der Waals surface area contributed by atoms with Crippen LogP contribution in [0.4, 0.5) is 4.79 Å². The van der Waals surface area contributed by atoms with E-state index in [0.29, 0.717) is 16.3 Å². The third kappa shape index (κ3) is 11.3. The van der Waals surface area contributed by atoms with Crippen LogP contribution in [0.3, 0.4) is 0 Å². The number of esters is 1. The van der Waals surface area contributed by atoms with Gasteiger partial charge in [0.1, 0.15) is 23.5 Å². The van der Waals surface area contributed by atoms with Crippen LogP contribution in [0.25, 0.3) is 11.1 Å². The minimum atomic E-state index is -2.29. The van der Waals surface area contributed by atoms with Crippen molar-refractivity contribution in [1.82, 2.24) is 4.90 Å². The molecule has 0 N–H and O–H groups in total. The summed E-state index contributed by atoms with van der Waals surface area (Å²) < 4.78 is 25.0. The van der Waals surface area contributed by atoms with Crippen LogP contribution in [0, 0.1) is 0 Å². The summed E-state index contributed by atoms with van der Waals surface area (Å²) in [6.45, 7) is 16.7. The Labute approximate surface area is 299 Å². The monoisotopic (exact) mass is 707 g/mol. The van der Waals surface area contributed by atoms with Crippen molar-refractivity contribution in [3.8, 4) is 16.9 Å². The lowest BCUT2D eigenvalue weighted by atomic mass is 9.97. The molecule has 0 spiro atoms. The van der Waals surface area contributed by atoms with E-state index < -0.39 is 32.1 Å². The van der Waals surface area contributed by atoms with Crippen molar-refractivity contribution in [2.24, 2.45) is 0 Å². The highest BCUT2D eigenvalue weighted by molar-refractivity contribution is 6.74. The molecule has 3 aromatic rings. The molecule has 1 atom stereocenters. The van der Waals surface area contributed by atoms with Crippen molar-refractivity contribution in [3.05, 3.63) is 88.9 Å². The summed E-state index contributed by atoms with van der Waals surface area (Å²) in [7, 11) is -2.29. The van der Waals surface area contributed by atoms with E-state index >= 15 is 0 Å². The second-order valence-corrected chi connectivity index (χ2v) is 20.6. The van der Waals surface area contributed by atoms with E-state index in [1.54, 1.807) is 11.0 Å². The Morgan fingerprint density at radius 1 is 0.878 bits per heavy atom. The van der Waals surface area contributed by atoms with E-state index in [2.05, 4.69) is 33.9 Å². The van der Waals surface area contributed by atoms with Crippen LogP contribution in [-0.2, 0) is 13.9 Å². The summed E-state index contributed by atoms with van der Waals surface area (Å²) in [5, 5.41) is 0.521. The van der Waals surface area contributed by atoms with Crippen molar-refractivity contribution in [2.75, 3.05) is 19.7 Å². The fourth-order valence-electron chi connectivity index (χ4n) is 5.52. The van der Waals surface area contributed by atoms with Crippen LogP contribution in [0.2, 0.25) is 23.2 Å². The number of hydrogen-bond acceptors (Lipinski definition) is 6. The Morgan fingerprint density at radius 3 is 2.20 bits per heavy atom. The van der Waals surface area contributed by atoms with Crippen LogP contribution in [-0.4, -0.2) is 56.7 Å². The zero-order valence-corrected chi connectivity index (χ0v) is 32.3. The Morgan fingerprint density at radius 2 is 1.57 bits per heavy atom. The molecule has 1 saturated carbocycles. The van der Waals surface area contributed by atoms with Crippen molar-refractivity contribution >= 4 is 32.0 Å². The molecule has 7 nitrogen and oxygen atoms in total. The number of nitrogens with zero attached hydrogens (tertiary/aromatic N) is 1. The maximum atomic E-state index is 13.6. The van der Waals surface area contributed by atoms with Crippen LogP contribution in [0.15, 0.2) is 72.8 Å². The van der Waals surface area contributed by atoms with E-state index in [1.165, 1.54) is 6.42 Å². The van der Waals surface area contributed by atoms with Crippen molar-refractivity contribution in [2.45, 2.75) is 110 Å². The van der Waals surface area contributed by atoms with Crippen molar-refractivity contribution in [3.63, 3.8) is 0 Å². The number of hydrogen-bond donors (Lipinski definition) is 0. The third-order valence-electron chi connectivity index (χ3n) is 9.25. The number of benzene rings is 3. The first kappa shape index (κ1) is 38.5. The largest absolute Gasteiger partial charge is 0.490 e. The van der Waals surface area contributed by atoms with Crippen LogP contribution in [0.5, 0.6) is 5.75 Å². The van der Waals surface area contributed by atoms with Crippen molar-refractivity contribution in [1.29, 1.82) is 0 Å². The van der Waals surface area contributed by atoms with Gasteiger partial charge in [-0.2, -0.15) is 0 Å². The average molecular weight is 708 g/mol. The SMILES string of the molecule is CC(C)(C)OC(=O)N(CCOC(=O)c1ccc(-c2ccccc2)cc1OC1CCCCC1)C[C@H](O[Si](C)(C)C(C)(C)C)c1cccc(Cl)c1. The van der Waals surface area contributed by atoms with Gasteiger partial charge in [-0.1, -0.05) is 87.3 Å². The maximum absolute atomic E-state index is 13.6. The summed E-state index contributed by atoms with van der Waals surface area (Å²) in [5.41, 5.74) is 2.52. The molecular weight excluding hydrogens is 654 g/mol. The highest BCUT2D eigenvalue weighted by Crippen LogP contribution is 2.40. The van der Waals surface area contributed by atoms with E-state index in [-0.39, 0.29) is 30.8 Å². The summed E-state index contributed by atoms with van der Waals surface area (Å²) in [6, 6.07) is 23.2. The highest BCUT2D eigenvalue weighted by atomic mass is 35.5. The van der Waals surface area contributed by atoms with Gasteiger partial charge in [0.05, 0.1) is 25.3 Å². The number of carbonyl (C=O) groups excluding carboxylic acids is 2. The Balaban J connectivity index is 1.56. The predicted molar refractivity (Wildman–Crippen MR) is 200 cm³/mol. The molecule has 0 heterocycles. The number of ether oxygens (including phenoxy) is 3. The Kier molecular flexibility index (Phi) is 13.0. The van der Waals surface area contributed by atoms with Gasteiger partial charge in [0.25, 0.3) is 0 Å². The molecule has 0 radical (unpaired) electrons. The quantitative estimate of drug-likeness (QED) is 0.138. The second-order valence-electron chi connectivity index (χ2n) is 15.4. The molecule has 0 unspecified atom stereocenters. The smallest absolute Gasteiger partial charge is 0.410 e. The number of rotatable bonds is 12. The molecule has 1 amide bonds. The molecule has 4 rings (SSSR count). The number of amides is 1. The molecule has 1 fully saturated rings. The lowest BCUT2D eigenvalue weighted by Crippen LogP contribution is -2.46. The first-order valence-corrected chi connectivity index (χ1v) is 20.8. The molecular formula is C40H54ClNO6Si. The first-order chi connectivity index (χ1) is 23.0. The van der Waals surface area contributed by atoms with E-state index in [0.717, 1.165) is 42.4 Å². The molecule has 0 saturated heterocycles. The zero-order chi connectivity index (χ0) is 35.8. The highest BCUT2D eigenvalue weighted by Gasteiger charge is 2.40. The fraction of sp³-hybridized carbons (Fsp3) is 0.500. The summed E-state index contributed by atoms with van der Waals surface area (Å²) in [5.74, 6) is 0.0181. The molecule has 1 aliphatic rings. The lowest BCUT2D eigenvalue weighted by molar-refractivity contribution is 0.00766. The normalized spacial score (nSPS) is 15.0. The number of halogens is 1. The van der Waals surface area contributed by atoms with Crippen LogP contribution in [0.1, 0.15) is 95.7 Å². The van der Waals surface area contributed by atoms with Gasteiger partial charge in [0.2, 0.25) is 0 Å². The van der Waals surface area contributed by atoms with Crippen LogP contribution >= 0.6 is 11.6 Å². The topological polar surface area (TPSA) is 74.3 Å². The third-order valence-corrected chi connectivity index (χ3v) is 14.0. The molecule has 9 heteroatoms. The zero-order valence-electron chi connectivity index (χ0n) is 30.5. The van der Waals surface area contributed by atoms with Gasteiger partial charge in [0.15, 0.2) is 8.32 Å². The molecule has 3 aromatic carbocycles. The molecule has 266 valence electrons. The molecule has 0 bridgehead atoms. The minimum Gasteiger partial charge on any atom is -0.490 e. The van der Waals surface area contributed by atoms with Gasteiger partial charge in [-0.15, -0.1) is 0 Å². The van der Waals surface area contributed by atoms with E-state index in [9.17, 15) is 9.59 Å². The molecule has 49 heavy (non-hydrogen) atoms.